The van der Waals surface area contributed by atoms with E-state index in [2.05, 4.69) is 27.8 Å². The van der Waals surface area contributed by atoms with E-state index in [9.17, 15) is 0 Å². The summed E-state index contributed by atoms with van der Waals surface area (Å²) >= 11 is 1.60. The van der Waals surface area contributed by atoms with E-state index in [1.54, 1.807) is 25.6 Å². The summed E-state index contributed by atoms with van der Waals surface area (Å²) in [5.41, 5.74) is 2.23. The van der Waals surface area contributed by atoms with Crippen LogP contribution in [0.4, 0.5) is 5.82 Å². The van der Waals surface area contributed by atoms with Crippen LogP contribution in [-0.2, 0) is 16.1 Å². The van der Waals surface area contributed by atoms with E-state index in [4.69, 9.17) is 18.9 Å². The van der Waals surface area contributed by atoms with Crippen molar-refractivity contribution in [1.82, 2.24) is 9.97 Å². The van der Waals surface area contributed by atoms with Crippen LogP contribution in [0, 0.1) is 6.92 Å². The van der Waals surface area contributed by atoms with Crippen molar-refractivity contribution in [3.8, 4) is 11.1 Å². The fourth-order valence-electron chi connectivity index (χ4n) is 3.28. The molecule has 0 saturated carbocycles. The molecule has 0 spiro atoms. The Hall–Kier alpha value is -2.74. The highest BCUT2D eigenvalue weighted by Crippen LogP contribution is 2.38. The van der Waals surface area contributed by atoms with Gasteiger partial charge in [0.25, 0.3) is 0 Å². The molecule has 150 valence electrons. The van der Waals surface area contributed by atoms with E-state index in [-0.39, 0.29) is 6.04 Å². The summed E-state index contributed by atoms with van der Waals surface area (Å²) < 4.78 is 16.6. The summed E-state index contributed by atoms with van der Waals surface area (Å²) in [6, 6.07) is 14.0. The monoisotopic (exact) mass is 409 g/mol. The van der Waals surface area contributed by atoms with Gasteiger partial charge in [-0.15, -0.1) is 11.3 Å². The number of furan rings is 1. The van der Waals surface area contributed by atoms with E-state index >= 15 is 0 Å². The lowest BCUT2D eigenvalue weighted by atomic mass is 10.1. The van der Waals surface area contributed by atoms with Crippen LogP contribution in [0.5, 0.6) is 0 Å². The fourth-order valence-corrected chi connectivity index (χ4v) is 4.25. The summed E-state index contributed by atoms with van der Waals surface area (Å²) in [6.07, 6.45) is 0. The molecule has 1 aromatic carbocycles. The Morgan fingerprint density at radius 1 is 1.07 bits per heavy atom. The molecule has 0 aliphatic rings. The van der Waals surface area contributed by atoms with Crippen LogP contribution >= 0.6 is 11.3 Å². The number of ether oxygens (including phenoxy) is 2. The van der Waals surface area contributed by atoms with Gasteiger partial charge in [0.05, 0.1) is 12.0 Å². The lowest BCUT2D eigenvalue weighted by Gasteiger charge is -2.18. The smallest absolute Gasteiger partial charge is 0.158 e. The molecular formula is C22H23N3O3S. The quantitative estimate of drug-likeness (QED) is 0.431. The topological polar surface area (TPSA) is 69.4 Å². The second-order valence-electron chi connectivity index (χ2n) is 6.72. The Balaban J connectivity index is 1.82. The maximum absolute atomic E-state index is 5.85. The molecule has 4 rings (SSSR count). The molecule has 0 saturated heterocycles. The number of nitrogens with one attached hydrogen (secondary N) is 1. The molecular weight excluding hydrogens is 386 g/mol. The van der Waals surface area contributed by atoms with Crippen molar-refractivity contribution in [2.45, 2.75) is 19.6 Å². The average molecular weight is 410 g/mol. The van der Waals surface area contributed by atoms with Gasteiger partial charge in [0.2, 0.25) is 0 Å². The summed E-state index contributed by atoms with van der Waals surface area (Å²) in [7, 11) is 3.32. The molecule has 3 aromatic heterocycles. The first-order chi connectivity index (χ1) is 14.2. The van der Waals surface area contributed by atoms with Crippen LogP contribution in [0.25, 0.3) is 21.3 Å². The normalized spacial score (nSPS) is 12.4. The number of hydrogen-bond donors (Lipinski definition) is 1. The van der Waals surface area contributed by atoms with Crippen molar-refractivity contribution in [3.05, 3.63) is 65.2 Å². The zero-order valence-corrected chi connectivity index (χ0v) is 17.5. The predicted octanol–water partition coefficient (Wildman–Crippen LogP) is 5.21. The third-order valence-corrected chi connectivity index (χ3v) is 5.46. The zero-order chi connectivity index (χ0) is 20.2. The maximum Gasteiger partial charge on any atom is 0.158 e. The van der Waals surface area contributed by atoms with Crippen molar-refractivity contribution in [3.63, 3.8) is 0 Å². The predicted molar refractivity (Wildman–Crippen MR) is 115 cm³/mol. The lowest BCUT2D eigenvalue weighted by Crippen LogP contribution is -2.17. The molecule has 0 bridgehead atoms. The number of aryl methyl sites for hydroxylation is 1. The van der Waals surface area contributed by atoms with Gasteiger partial charge in [-0.05, 0) is 24.6 Å². The van der Waals surface area contributed by atoms with Gasteiger partial charge < -0.3 is 19.2 Å². The van der Waals surface area contributed by atoms with Crippen LogP contribution < -0.4 is 5.32 Å². The summed E-state index contributed by atoms with van der Waals surface area (Å²) in [5, 5.41) is 6.64. The third kappa shape index (κ3) is 4.17. The second-order valence-corrected chi connectivity index (χ2v) is 7.58. The Morgan fingerprint density at radius 2 is 1.90 bits per heavy atom. The number of aromatic nitrogens is 2. The van der Waals surface area contributed by atoms with Crippen LogP contribution in [0.15, 0.2) is 52.3 Å². The molecule has 1 atom stereocenters. The number of nitrogens with zero attached hydrogens (tertiary/aromatic N) is 2. The Kier molecular flexibility index (Phi) is 5.89. The third-order valence-electron chi connectivity index (χ3n) is 4.59. The molecule has 0 aliphatic carbocycles. The molecule has 0 aliphatic heterocycles. The van der Waals surface area contributed by atoms with Gasteiger partial charge in [0.1, 0.15) is 34.8 Å². The van der Waals surface area contributed by atoms with E-state index in [1.807, 2.05) is 37.3 Å². The van der Waals surface area contributed by atoms with Gasteiger partial charge in [-0.3, -0.25) is 0 Å². The van der Waals surface area contributed by atoms with Gasteiger partial charge in [0, 0.05) is 25.2 Å². The number of fused-ring (bicyclic) bond motifs is 1. The number of rotatable bonds is 8. The molecule has 0 fully saturated rings. The first kappa shape index (κ1) is 19.6. The van der Waals surface area contributed by atoms with E-state index in [1.165, 1.54) is 0 Å². The molecule has 3 heterocycles. The van der Waals surface area contributed by atoms with Crippen LogP contribution in [0.3, 0.4) is 0 Å². The SMILES string of the molecule is COCc1nc(N[C@@H](COC)c2ccc(C)o2)c2c(-c3ccccc3)csc2n1. The Bertz CT molecular complexity index is 1090. The maximum atomic E-state index is 5.85. The number of hydrogen-bond acceptors (Lipinski definition) is 7. The fraction of sp³-hybridized carbons (Fsp3) is 0.273. The molecule has 0 amide bonds. The van der Waals surface area contributed by atoms with E-state index in [0.717, 1.165) is 38.7 Å². The van der Waals surface area contributed by atoms with Crippen molar-refractivity contribution >= 4 is 27.4 Å². The molecule has 4 aromatic rings. The van der Waals surface area contributed by atoms with Gasteiger partial charge in [-0.25, -0.2) is 9.97 Å². The highest BCUT2D eigenvalue weighted by atomic mass is 32.1. The first-order valence-corrected chi connectivity index (χ1v) is 10.2. The highest BCUT2D eigenvalue weighted by molar-refractivity contribution is 7.17. The number of benzene rings is 1. The van der Waals surface area contributed by atoms with Crippen molar-refractivity contribution < 1.29 is 13.9 Å². The minimum atomic E-state index is -0.175. The molecule has 1 N–H and O–H groups in total. The Morgan fingerprint density at radius 3 is 2.59 bits per heavy atom. The summed E-state index contributed by atoms with van der Waals surface area (Å²) in [5.74, 6) is 3.05. The van der Waals surface area contributed by atoms with Crippen molar-refractivity contribution in [2.24, 2.45) is 0 Å². The summed E-state index contributed by atoms with van der Waals surface area (Å²) in [6.45, 7) is 2.72. The first-order valence-electron chi connectivity index (χ1n) is 9.34. The largest absolute Gasteiger partial charge is 0.464 e. The van der Waals surface area contributed by atoms with Gasteiger partial charge >= 0.3 is 0 Å². The number of methoxy groups -OCH3 is 2. The molecule has 7 heteroatoms. The summed E-state index contributed by atoms with van der Waals surface area (Å²) in [4.78, 5) is 10.4. The van der Waals surface area contributed by atoms with E-state index < -0.39 is 0 Å². The minimum Gasteiger partial charge on any atom is -0.464 e. The van der Waals surface area contributed by atoms with Gasteiger partial charge in [-0.2, -0.15) is 0 Å². The standard InChI is InChI=1S/C22H23N3O3S/c1-14-9-10-18(28-14)17(11-26-2)23-21-20-16(15-7-5-4-6-8-15)13-29-22(20)25-19(24-21)12-27-3/h4-10,13,17H,11-12H2,1-3H3,(H,23,24,25)/t17-/m0/s1. The molecule has 0 unspecified atom stereocenters. The Labute approximate surface area is 173 Å². The molecule has 29 heavy (non-hydrogen) atoms. The van der Waals surface area contributed by atoms with Crippen molar-refractivity contribution in [2.75, 3.05) is 26.1 Å². The van der Waals surface area contributed by atoms with Crippen LogP contribution in [-0.4, -0.2) is 30.8 Å². The van der Waals surface area contributed by atoms with E-state index in [0.29, 0.717) is 19.0 Å². The van der Waals surface area contributed by atoms with Crippen molar-refractivity contribution in [1.29, 1.82) is 0 Å². The average Bonchev–Trinajstić information content (AvgIpc) is 3.35. The number of anilines is 1. The number of thiophene rings is 1. The van der Waals surface area contributed by atoms with Gasteiger partial charge in [0.15, 0.2) is 5.82 Å². The molecule has 0 radical (unpaired) electrons. The van der Waals surface area contributed by atoms with Crippen LogP contribution in [0.2, 0.25) is 0 Å². The van der Waals surface area contributed by atoms with Crippen LogP contribution in [0.1, 0.15) is 23.4 Å². The second kappa shape index (κ2) is 8.73. The minimum absolute atomic E-state index is 0.175. The highest BCUT2D eigenvalue weighted by Gasteiger charge is 2.21. The molecule has 6 nitrogen and oxygen atoms in total. The lowest BCUT2D eigenvalue weighted by molar-refractivity contribution is 0.176. The zero-order valence-electron chi connectivity index (χ0n) is 16.6. The van der Waals surface area contributed by atoms with Gasteiger partial charge in [-0.1, -0.05) is 30.3 Å².